The Morgan fingerprint density at radius 2 is 2.28 bits per heavy atom. The van der Waals surface area contributed by atoms with E-state index in [0.29, 0.717) is 11.5 Å². The Balaban J connectivity index is 2.13. The maximum Gasteiger partial charge on any atom is 0.252 e. The fourth-order valence-corrected chi connectivity index (χ4v) is 1.32. The van der Waals surface area contributed by atoms with Crippen molar-refractivity contribution in [3.8, 4) is 6.07 Å². The highest BCUT2D eigenvalue weighted by Gasteiger charge is 2.08. The van der Waals surface area contributed by atoms with Crippen molar-refractivity contribution in [1.29, 1.82) is 5.26 Å². The van der Waals surface area contributed by atoms with Gasteiger partial charge in [0.05, 0.1) is 6.21 Å². The summed E-state index contributed by atoms with van der Waals surface area (Å²) in [6, 6.07) is 8.06. The molecule has 0 bridgehead atoms. The Kier molecular flexibility index (Phi) is 3.34. The number of nitriles is 1. The minimum Gasteiger partial charge on any atom is -0.422 e. The van der Waals surface area contributed by atoms with Crippen LogP contribution in [-0.4, -0.2) is 11.2 Å². The third-order valence-corrected chi connectivity index (χ3v) is 2.11. The number of hydrogen-bond acceptors (Lipinski definition) is 5. The molecule has 0 aliphatic rings. The van der Waals surface area contributed by atoms with Gasteiger partial charge in [-0.2, -0.15) is 10.4 Å². The lowest BCUT2D eigenvalue weighted by atomic mass is 10.2. The SMILES string of the molecule is Cc1nc(C#N)c(N/N=C/c2ccccc2F)o1. The van der Waals surface area contributed by atoms with Crippen molar-refractivity contribution >= 4 is 12.1 Å². The normalized spacial score (nSPS) is 10.5. The molecule has 0 unspecified atom stereocenters. The molecule has 2 aromatic rings. The lowest BCUT2D eigenvalue weighted by molar-refractivity contribution is 0.533. The Hall–Kier alpha value is -2.68. The highest BCUT2D eigenvalue weighted by Crippen LogP contribution is 2.15. The zero-order chi connectivity index (χ0) is 13.0. The van der Waals surface area contributed by atoms with Crippen LogP contribution in [0.25, 0.3) is 0 Å². The van der Waals surface area contributed by atoms with E-state index in [-0.39, 0.29) is 17.4 Å². The molecule has 1 N–H and O–H groups in total. The molecule has 0 saturated carbocycles. The van der Waals surface area contributed by atoms with Crippen molar-refractivity contribution in [1.82, 2.24) is 4.98 Å². The number of anilines is 1. The second-order valence-electron chi connectivity index (χ2n) is 3.41. The lowest BCUT2D eigenvalue weighted by Crippen LogP contribution is -1.93. The van der Waals surface area contributed by atoms with Gasteiger partial charge < -0.3 is 4.42 Å². The number of aryl methyl sites for hydroxylation is 1. The topological polar surface area (TPSA) is 74.2 Å². The van der Waals surface area contributed by atoms with Gasteiger partial charge in [-0.1, -0.05) is 18.2 Å². The Labute approximate surface area is 103 Å². The number of hydrazone groups is 1. The van der Waals surface area contributed by atoms with Crippen LogP contribution < -0.4 is 5.43 Å². The molecule has 0 atom stereocenters. The zero-order valence-electron chi connectivity index (χ0n) is 9.51. The summed E-state index contributed by atoms with van der Waals surface area (Å²) in [6.07, 6.45) is 1.30. The summed E-state index contributed by atoms with van der Waals surface area (Å²) in [7, 11) is 0. The number of halogens is 1. The van der Waals surface area contributed by atoms with Crippen LogP contribution in [0.5, 0.6) is 0 Å². The molecule has 1 aromatic carbocycles. The average Bonchev–Trinajstić information content (AvgIpc) is 2.72. The van der Waals surface area contributed by atoms with Gasteiger partial charge in [-0.05, 0) is 6.07 Å². The van der Waals surface area contributed by atoms with E-state index < -0.39 is 0 Å². The van der Waals surface area contributed by atoms with Crippen molar-refractivity contribution in [3.05, 3.63) is 47.2 Å². The van der Waals surface area contributed by atoms with Crippen LogP contribution in [0.3, 0.4) is 0 Å². The third kappa shape index (κ3) is 2.52. The van der Waals surface area contributed by atoms with Gasteiger partial charge in [-0.3, -0.25) is 0 Å². The van der Waals surface area contributed by atoms with Gasteiger partial charge >= 0.3 is 0 Å². The maximum atomic E-state index is 13.3. The molecule has 90 valence electrons. The average molecular weight is 244 g/mol. The first-order valence-corrected chi connectivity index (χ1v) is 5.12. The number of oxazole rings is 1. The van der Waals surface area contributed by atoms with Gasteiger partial charge in [-0.15, -0.1) is 0 Å². The van der Waals surface area contributed by atoms with Crippen LogP contribution in [0.2, 0.25) is 0 Å². The molecular formula is C12H9FN4O. The number of benzene rings is 1. The van der Waals surface area contributed by atoms with Crippen LogP contribution in [-0.2, 0) is 0 Å². The Morgan fingerprint density at radius 3 is 3.00 bits per heavy atom. The first-order valence-electron chi connectivity index (χ1n) is 5.12. The fraction of sp³-hybridized carbons (Fsp3) is 0.0833. The summed E-state index contributed by atoms with van der Waals surface area (Å²) in [5.74, 6) is 0.120. The summed E-state index contributed by atoms with van der Waals surface area (Å²) in [5.41, 5.74) is 2.95. The summed E-state index contributed by atoms with van der Waals surface area (Å²) in [6.45, 7) is 1.62. The first-order chi connectivity index (χ1) is 8.70. The summed E-state index contributed by atoms with van der Waals surface area (Å²) in [4.78, 5) is 3.83. The molecule has 0 aliphatic carbocycles. The van der Waals surface area contributed by atoms with E-state index in [1.807, 2.05) is 6.07 Å². The smallest absolute Gasteiger partial charge is 0.252 e. The molecule has 0 amide bonds. The van der Waals surface area contributed by atoms with Crippen LogP contribution in [0.15, 0.2) is 33.8 Å². The van der Waals surface area contributed by atoms with E-state index >= 15 is 0 Å². The van der Waals surface area contributed by atoms with Crippen molar-refractivity contribution in [2.24, 2.45) is 5.10 Å². The van der Waals surface area contributed by atoms with Crippen molar-refractivity contribution in [2.75, 3.05) is 5.43 Å². The number of nitrogens with one attached hydrogen (secondary N) is 1. The maximum absolute atomic E-state index is 13.3. The Bertz CT molecular complexity index is 627. The van der Waals surface area contributed by atoms with E-state index in [2.05, 4.69) is 15.5 Å². The van der Waals surface area contributed by atoms with E-state index in [9.17, 15) is 4.39 Å². The second kappa shape index (κ2) is 5.10. The zero-order valence-corrected chi connectivity index (χ0v) is 9.51. The molecule has 0 fully saturated rings. The number of nitrogens with zero attached hydrogens (tertiary/aromatic N) is 3. The van der Waals surface area contributed by atoms with E-state index in [4.69, 9.17) is 9.68 Å². The summed E-state index contributed by atoms with van der Waals surface area (Å²) < 4.78 is 18.4. The molecule has 0 spiro atoms. The molecule has 0 aliphatic heterocycles. The van der Waals surface area contributed by atoms with Crippen molar-refractivity contribution in [3.63, 3.8) is 0 Å². The fourth-order valence-electron chi connectivity index (χ4n) is 1.32. The molecule has 0 radical (unpaired) electrons. The quantitative estimate of drug-likeness (QED) is 0.664. The van der Waals surface area contributed by atoms with E-state index in [0.717, 1.165) is 0 Å². The lowest BCUT2D eigenvalue weighted by Gasteiger charge is -1.96. The number of hydrogen-bond donors (Lipinski definition) is 1. The van der Waals surface area contributed by atoms with Gasteiger partial charge in [0.2, 0.25) is 5.69 Å². The van der Waals surface area contributed by atoms with Crippen molar-refractivity contribution < 1.29 is 8.81 Å². The van der Waals surface area contributed by atoms with E-state index in [1.165, 1.54) is 12.3 Å². The minimum absolute atomic E-state index is 0.109. The highest BCUT2D eigenvalue weighted by atomic mass is 19.1. The predicted octanol–water partition coefficient (Wildman–Crippen LogP) is 2.44. The van der Waals surface area contributed by atoms with Gasteiger partial charge in [0.1, 0.15) is 11.9 Å². The second-order valence-corrected chi connectivity index (χ2v) is 3.41. The van der Waals surface area contributed by atoms with Crippen LogP contribution >= 0.6 is 0 Å². The molecule has 1 aromatic heterocycles. The van der Waals surface area contributed by atoms with Gasteiger partial charge in [0.15, 0.2) is 5.89 Å². The van der Waals surface area contributed by atoms with Crippen LogP contribution in [0.4, 0.5) is 10.3 Å². The predicted molar refractivity (Wildman–Crippen MR) is 63.6 cm³/mol. The number of aromatic nitrogens is 1. The monoisotopic (exact) mass is 244 g/mol. The van der Waals surface area contributed by atoms with Crippen LogP contribution in [0, 0.1) is 24.1 Å². The van der Waals surface area contributed by atoms with Gasteiger partial charge in [0.25, 0.3) is 5.88 Å². The summed E-state index contributed by atoms with van der Waals surface area (Å²) >= 11 is 0. The number of rotatable bonds is 3. The van der Waals surface area contributed by atoms with E-state index in [1.54, 1.807) is 25.1 Å². The van der Waals surface area contributed by atoms with Crippen LogP contribution in [0.1, 0.15) is 17.1 Å². The molecule has 18 heavy (non-hydrogen) atoms. The molecule has 6 heteroatoms. The molecule has 5 nitrogen and oxygen atoms in total. The molecular weight excluding hydrogens is 235 g/mol. The highest BCUT2D eigenvalue weighted by molar-refractivity contribution is 5.80. The largest absolute Gasteiger partial charge is 0.422 e. The van der Waals surface area contributed by atoms with Crippen molar-refractivity contribution in [2.45, 2.75) is 6.92 Å². The summed E-state index contributed by atoms with van der Waals surface area (Å²) in [5, 5.41) is 12.6. The third-order valence-electron chi connectivity index (χ3n) is 2.11. The Morgan fingerprint density at radius 1 is 1.50 bits per heavy atom. The molecule has 2 rings (SSSR count). The minimum atomic E-state index is -0.377. The molecule has 0 saturated heterocycles. The van der Waals surface area contributed by atoms with Gasteiger partial charge in [-0.25, -0.2) is 14.8 Å². The van der Waals surface area contributed by atoms with Gasteiger partial charge in [0, 0.05) is 12.5 Å². The molecule has 1 heterocycles. The first kappa shape index (κ1) is 11.8. The standard InChI is InChI=1S/C12H9FN4O/c1-8-16-11(6-14)12(18-8)17-15-7-9-4-2-3-5-10(9)13/h2-5,7,17H,1H3/b15-7+.